The minimum Gasteiger partial charge on any atom is -0.298 e. The second-order valence-corrected chi connectivity index (χ2v) is 5.40. The van der Waals surface area contributed by atoms with Gasteiger partial charge in [0, 0.05) is 6.42 Å². The highest BCUT2D eigenvalue weighted by Crippen LogP contribution is 2.53. The molecule has 3 atom stereocenters. The van der Waals surface area contributed by atoms with Gasteiger partial charge in [0.2, 0.25) is 0 Å². The number of ketones is 1. The Morgan fingerprint density at radius 1 is 1.50 bits per heavy atom. The second-order valence-electron chi connectivity index (χ2n) is 4.48. The zero-order valence-electron chi connectivity index (χ0n) is 7.48. The van der Waals surface area contributed by atoms with E-state index in [0.717, 1.165) is 6.42 Å². The largest absolute Gasteiger partial charge is 0.298 e. The van der Waals surface area contributed by atoms with Crippen molar-refractivity contribution in [2.45, 2.75) is 43.9 Å². The van der Waals surface area contributed by atoms with Gasteiger partial charge in [-0.25, -0.2) is 0 Å². The summed E-state index contributed by atoms with van der Waals surface area (Å²) in [5.41, 5.74) is 0.287. The monoisotopic (exact) mass is 230 g/mol. The molecule has 3 unspecified atom stereocenters. The van der Waals surface area contributed by atoms with Crippen molar-refractivity contribution < 1.29 is 4.79 Å². The zero-order chi connectivity index (χ0) is 8.77. The fraction of sp³-hybridized carbons (Fsp3) is 0.900. The number of halogens is 1. The van der Waals surface area contributed by atoms with E-state index >= 15 is 0 Å². The molecule has 2 fully saturated rings. The number of alkyl halides is 1. The smallest absolute Gasteiger partial charge is 0.147 e. The SMILES string of the molecule is CC12CCCCC1CC(=O)C2Br. The van der Waals surface area contributed by atoms with Crippen molar-refractivity contribution in [2.75, 3.05) is 0 Å². The van der Waals surface area contributed by atoms with Gasteiger partial charge in [-0.3, -0.25) is 4.79 Å². The molecular weight excluding hydrogens is 216 g/mol. The average molecular weight is 231 g/mol. The molecule has 0 aromatic rings. The maximum atomic E-state index is 11.5. The lowest BCUT2D eigenvalue weighted by Gasteiger charge is -2.37. The van der Waals surface area contributed by atoms with Crippen LogP contribution in [0.2, 0.25) is 0 Å². The summed E-state index contributed by atoms with van der Waals surface area (Å²) >= 11 is 3.55. The fourth-order valence-corrected chi connectivity index (χ4v) is 3.60. The van der Waals surface area contributed by atoms with Crippen molar-refractivity contribution in [3.8, 4) is 0 Å². The molecule has 0 aromatic carbocycles. The van der Waals surface area contributed by atoms with Gasteiger partial charge in [-0.2, -0.15) is 0 Å². The lowest BCUT2D eigenvalue weighted by molar-refractivity contribution is -0.117. The summed E-state index contributed by atoms with van der Waals surface area (Å²) in [5, 5.41) is 0. The van der Waals surface area contributed by atoms with E-state index in [1.54, 1.807) is 0 Å². The summed E-state index contributed by atoms with van der Waals surface area (Å²) in [5.74, 6) is 1.10. The number of fused-ring (bicyclic) bond motifs is 1. The first-order valence-corrected chi connectivity index (χ1v) is 5.73. The van der Waals surface area contributed by atoms with Crippen LogP contribution in [-0.2, 0) is 4.79 Å². The van der Waals surface area contributed by atoms with Gasteiger partial charge in [-0.05, 0) is 24.2 Å². The maximum Gasteiger partial charge on any atom is 0.147 e. The molecule has 2 aliphatic rings. The standard InChI is InChI=1S/C10H15BrO/c1-10-5-3-2-4-7(10)6-8(12)9(10)11/h7,9H,2-6H2,1H3. The van der Waals surface area contributed by atoms with E-state index < -0.39 is 0 Å². The normalized spacial score (nSPS) is 47.7. The molecule has 68 valence electrons. The van der Waals surface area contributed by atoms with Gasteiger partial charge >= 0.3 is 0 Å². The summed E-state index contributed by atoms with van der Waals surface area (Å²) in [4.78, 5) is 11.6. The molecule has 0 radical (unpaired) electrons. The molecule has 0 N–H and O–H groups in total. The summed E-state index contributed by atoms with van der Waals surface area (Å²) in [6, 6.07) is 0. The Morgan fingerprint density at radius 3 is 2.92 bits per heavy atom. The predicted octanol–water partition coefficient (Wildman–Crippen LogP) is 2.92. The Balaban J connectivity index is 2.25. The highest BCUT2D eigenvalue weighted by Gasteiger charge is 2.50. The van der Waals surface area contributed by atoms with Crippen LogP contribution in [0.1, 0.15) is 39.0 Å². The molecule has 0 spiro atoms. The zero-order valence-corrected chi connectivity index (χ0v) is 9.06. The molecule has 2 saturated carbocycles. The van der Waals surface area contributed by atoms with Crippen molar-refractivity contribution in [3.63, 3.8) is 0 Å². The van der Waals surface area contributed by atoms with Crippen LogP contribution in [0.25, 0.3) is 0 Å². The average Bonchev–Trinajstić information content (AvgIpc) is 2.28. The van der Waals surface area contributed by atoms with E-state index in [0.29, 0.717) is 11.7 Å². The van der Waals surface area contributed by atoms with Crippen molar-refractivity contribution in [1.82, 2.24) is 0 Å². The quantitative estimate of drug-likeness (QED) is 0.586. The van der Waals surface area contributed by atoms with Gasteiger partial charge in [0.1, 0.15) is 5.78 Å². The summed E-state index contributed by atoms with van der Waals surface area (Å²) in [6.45, 7) is 2.28. The number of carbonyl (C=O) groups excluding carboxylic acids is 1. The van der Waals surface area contributed by atoms with E-state index in [2.05, 4.69) is 22.9 Å². The third-order valence-electron chi connectivity index (χ3n) is 3.76. The topological polar surface area (TPSA) is 17.1 Å². The molecule has 1 nitrogen and oxygen atoms in total. The molecule has 2 aliphatic carbocycles. The molecule has 0 amide bonds. The van der Waals surface area contributed by atoms with Crippen LogP contribution in [0.3, 0.4) is 0 Å². The van der Waals surface area contributed by atoms with Crippen LogP contribution in [0, 0.1) is 11.3 Å². The first-order valence-electron chi connectivity index (χ1n) is 4.81. The predicted molar refractivity (Wildman–Crippen MR) is 52.4 cm³/mol. The van der Waals surface area contributed by atoms with Crippen LogP contribution in [0.15, 0.2) is 0 Å². The molecule has 0 aliphatic heterocycles. The lowest BCUT2D eigenvalue weighted by Crippen LogP contribution is -2.33. The van der Waals surface area contributed by atoms with Crippen LogP contribution >= 0.6 is 15.9 Å². The van der Waals surface area contributed by atoms with E-state index in [-0.39, 0.29) is 10.2 Å². The molecule has 2 heteroatoms. The van der Waals surface area contributed by atoms with E-state index in [1.165, 1.54) is 25.7 Å². The number of Topliss-reactive ketones (excluding diaryl/α,β-unsaturated/α-hetero) is 1. The summed E-state index contributed by atoms with van der Waals surface area (Å²) < 4.78 is 0. The number of hydrogen-bond acceptors (Lipinski definition) is 1. The number of rotatable bonds is 0. The van der Waals surface area contributed by atoms with Crippen molar-refractivity contribution >= 4 is 21.7 Å². The number of carbonyl (C=O) groups is 1. The van der Waals surface area contributed by atoms with Crippen LogP contribution < -0.4 is 0 Å². The Hall–Kier alpha value is 0.150. The Labute approximate surface area is 82.0 Å². The van der Waals surface area contributed by atoms with Gasteiger partial charge in [0.25, 0.3) is 0 Å². The minimum atomic E-state index is 0.148. The third kappa shape index (κ3) is 1.07. The van der Waals surface area contributed by atoms with Crippen LogP contribution in [0.4, 0.5) is 0 Å². The minimum absolute atomic E-state index is 0.148. The van der Waals surface area contributed by atoms with Crippen molar-refractivity contribution in [1.29, 1.82) is 0 Å². The fourth-order valence-electron chi connectivity index (χ4n) is 2.81. The van der Waals surface area contributed by atoms with Gasteiger partial charge in [-0.15, -0.1) is 0 Å². The van der Waals surface area contributed by atoms with Crippen molar-refractivity contribution in [3.05, 3.63) is 0 Å². The Morgan fingerprint density at radius 2 is 2.25 bits per heavy atom. The van der Waals surface area contributed by atoms with Crippen LogP contribution in [-0.4, -0.2) is 10.6 Å². The van der Waals surface area contributed by atoms with Gasteiger partial charge < -0.3 is 0 Å². The highest BCUT2D eigenvalue weighted by atomic mass is 79.9. The second kappa shape index (κ2) is 2.83. The van der Waals surface area contributed by atoms with Crippen LogP contribution in [0.5, 0.6) is 0 Å². The highest BCUT2D eigenvalue weighted by molar-refractivity contribution is 9.10. The molecule has 0 heterocycles. The van der Waals surface area contributed by atoms with Gasteiger partial charge in [0.15, 0.2) is 0 Å². The Bertz CT molecular complexity index is 214. The van der Waals surface area contributed by atoms with E-state index in [4.69, 9.17) is 0 Å². The lowest BCUT2D eigenvalue weighted by atomic mass is 9.70. The summed E-state index contributed by atoms with van der Waals surface area (Å²) in [6.07, 6.45) is 5.96. The molecular formula is C10H15BrO. The summed E-state index contributed by atoms with van der Waals surface area (Å²) in [7, 11) is 0. The molecule has 12 heavy (non-hydrogen) atoms. The van der Waals surface area contributed by atoms with E-state index in [9.17, 15) is 4.79 Å². The molecule has 0 saturated heterocycles. The van der Waals surface area contributed by atoms with Crippen molar-refractivity contribution in [2.24, 2.45) is 11.3 Å². The first-order chi connectivity index (χ1) is 5.64. The third-order valence-corrected chi connectivity index (χ3v) is 5.32. The van der Waals surface area contributed by atoms with Gasteiger partial charge in [0.05, 0.1) is 4.83 Å². The first kappa shape index (κ1) is 8.74. The number of hydrogen-bond donors (Lipinski definition) is 0. The Kier molecular flexibility index (Phi) is 2.06. The van der Waals surface area contributed by atoms with E-state index in [1.807, 2.05) is 0 Å². The molecule has 0 bridgehead atoms. The maximum absolute atomic E-state index is 11.5. The molecule has 0 aromatic heterocycles. The van der Waals surface area contributed by atoms with Gasteiger partial charge in [-0.1, -0.05) is 35.7 Å². The molecule has 2 rings (SSSR count).